The van der Waals surface area contributed by atoms with E-state index in [-0.39, 0.29) is 5.78 Å². The molecule has 0 radical (unpaired) electrons. The third kappa shape index (κ3) is 3.35. The smallest absolute Gasteiger partial charge is 0.166 e. The molecule has 0 fully saturated rings. The summed E-state index contributed by atoms with van der Waals surface area (Å²) in [5.41, 5.74) is 1.95. The summed E-state index contributed by atoms with van der Waals surface area (Å²) in [7, 11) is 0. The summed E-state index contributed by atoms with van der Waals surface area (Å²) in [4.78, 5) is 18.2. The minimum atomic E-state index is 0.138. The molecule has 0 aliphatic heterocycles. The Morgan fingerprint density at radius 1 is 1.41 bits per heavy atom. The Labute approximate surface area is 109 Å². The Morgan fingerprint density at radius 3 is 2.76 bits per heavy atom. The van der Waals surface area contributed by atoms with Gasteiger partial charge >= 0.3 is 0 Å². The molecule has 0 atom stereocenters. The van der Waals surface area contributed by atoms with Crippen LogP contribution in [0.1, 0.15) is 6.92 Å². The highest BCUT2D eigenvalue weighted by molar-refractivity contribution is 7.99. The van der Waals surface area contributed by atoms with E-state index in [2.05, 4.69) is 9.97 Å². The van der Waals surface area contributed by atoms with Gasteiger partial charge in [-0.25, -0.2) is 4.98 Å². The summed E-state index contributed by atoms with van der Waals surface area (Å²) in [5, 5.41) is 1.46. The maximum Gasteiger partial charge on any atom is 0.166 e. The molecule has 5 heteroatoms. The van der Waals surface area contributed by atoms with Gasteiger partial charge in [-0.15, -0.1) is 0 Å². The van der Waals surface area contributed by atoms with E-state index in [1.807, 2.05) is 24.3 Å². The van der Waals surface area contributed by atoms with Crippen molar-refractivity contribution in [1.82, 2.24) is 9.97 Å². The van der Waals surface area contributed by atoms with E-state index >= 15 is 0 Å². The fourth-order valence-corrected chi connectivity index (χ4v) is 2.10. The summed E-state index contributed by atoms with van der Waals surface area (Å²) in [5.74, 6) is 0.576. The van der Waals surface area contributed by atoms with Crippen molar-refractivity contribution >= 4 is 29.1 Å². The normalized spacial score (nSPS) is 10.5. The second-order valence-corrected chi connectivity index (χ2v) is 5.00. The molecule has 0 aliphatic carbocycles. The van der Waals surface area contributed by atoms with Crippen LogP contribution in [0.5, 0.6) is 0 Å². The number of aromatic nitrogens is 2. The molecule has 0 saturated carbocycles. The standard InChI is InChI=1S/C12H11ClN2OS/c1-8(16)7-17-12-14-6-11(15-12)9-2-4-10(13)5-3-9/h2-6H,7H2,1H3,(H,14,15). The minimum Gasteiger partial charge on any atom is -0.333 e. The first kappa shape index (κ1) is 12.2. The van der Waals surface area contributed by atoms with Gasteiger partial charge in [-0.1, -0.05) is 35.5 Å². The minimum absolute atomic E-state index is 0.138. The van der Waals surface area contributed by atoms with E-state index in [0.717, 1.165) is 16.4 Å². The Morgan fingerprint density at radius 2 is 2.12 bits per heavy atom. The molecule has 2 aromatic rings. The van der Waals surface area contributed by atoms with Crippen molar-refractivity contribution in [3.05, 3.63) is 35.5 Å². The van der Waals surface area contributed by atoms with Gasteiger partial charge < -0.3 is 4.98 Å². The number of nitrogens with zero attached hydrogens (tertiary/aromatic N) is 1. The lowest BCUT2D eigenvalue weighted by atomic mass is 10.2. The van der Waals surface area contributed by atoms with Gasteiger partial charge in [-0.2, -0.15) is 0 Å². The first-order chi connectivity index (χ1) is 8.15. The van der Waals surface area contributed by atoms with Crippen molar-refractivity contribution in [2.24, 2.45) is 0 Å². The van der Waals surface area contributed by atoms with Gasteiger partial charge in [-0.05, 0) is 24.6 Å². The fraction of sp³-hybridized carbons (Fsp3) is 0.167. The van der Waals surface area contributed by atoms with Crippen molar-refractivity contribution in [3.63, 3.8) is 0 Å². The van der Waals surface area contributed by atoms with E-state index < -0.39 is 0 Å². The molecular formula is C12H11ClN2OS. The first-order valence-electron chi connectivity index (χ1n) is 5.08. The highest BCUT2D eigenvalue weighted by Gasteiger charge is 2.04. The molecule has 1 N–H and O–H groups in total. The van der Waals surface area contributed by atoms with Crippen LogP contribution in [0.3, 0.4) is 0 Å². The zero-order valence-electron chi connectivity index (χ0n) is 9.24. The zero-order valence-corrected chi connectivity index (χ0v) is 10.8. The Kier molecular flexibility index (Phi) is 3.86. The number of nitrogens with one attached hydrogen (secondary N) is 1. The summed E-state index contributed by atoms with van der Waals surface area (Å²) in [6.45, 7) is 1.57. The van der Waals surface area contributed by atoms with Gasteiger partial charge in [0.25, 0.3) is 0 Å². The number of hydrogen-bond donors (Lipinski definition) is 1. The molecule has 0 spiro atoms. The van der Waals surface area contributed by atoms with E-state index in [1.165, 1.54) is 11.8 Å². The van der Waals surface area contributed by atoms with Crippen LogP contribution in [-0.2, 0) is 4.79 Å². The Bertz CT molecular complexity index is 522. The molecule has 3 nitrogen and oxygen atoms in total. The summed E-state index contributed by atoms with van der Waals surface area (Å²) >= 11 is 7.23. The number of aromatic amines is 1. The van der Waals surface area contributed by atoms with Gasteiger partial charge in [0.1, 0.15) is 5.78 Å². The van der Waals surface area contributed by atoms with Crippen LogP contribution in [0.15, 0.2) is 35.6 Å². The second-order valence-electron chi connectivity index (χ2n) is 3.60. The molecular weight excluding hydrogens is 256 g/mol. The molecule has 1 aromatic heterocycles. The zero-order chi connectivity index (χ0) is 12.3. The summed E-state index contributed by atoms with van der Waals surface area (Å²) in [6.07, 6.45) is 1.76. The molecule has 0 saturated heterocycles. The van der Waals surface area contributed by atoms with Gasteiger partial charge in [-0.3, -0.25) is 4.79 Å². The maximum atomic E-state index is 10.9. The quantitative estimate of drug-likeness (QED) is 0.863. The van der Waals surface area contributed by atoms with Crippen molar-refractivity contribution in [2.45, 2.75) is 12.1 Å². The third-order valence-electron chi connectivity index (χ3n) is 2.12. The largest absolute Gasteiger partial charge is 0.333 e. The number of rotatable bonds is 4. The highest BCUT2D eigenvalue weighted by Crippen LogP contribution is 2.22. The molecule has 17 heavy (non-hydrogen) atoms. The van der Waals surface area contributed by atoms with E-state index in [0.29, 0.717) is 10.8 Å². The Balaban J connectivity index is 2.12. The van der Waals surface area contributed by atoms with Crippen LogP contribution in [-0.4, -0.2) is 21.5 Å². The molecule has 1 aromatic carbocycles. The van der Waals surface area contributed by atoms with E-state index in [4.69, 9.17) is 11.6 Å². The van der Waals surface area contributed by atoms with E-state index in [1.54, 1.807) is 13.1 Å². The molecule has 0 bridgehead atoms. The van der Waals surface area contributed by atoms with Gasteiger partial charge in [0, 0.05) is 5.02 Å². The van der Waals surface area contributed by atoms with Crippen molar-refractivity contribution in [1.29, 1.82) is 0 Å². The number of benzene rings is 1. The molecule has 0 amide bonds. The van der Waals surface area contributed by atoms with Crippen LogP contribution in [0.25, 0.3) is 11.3 Å². The van der Waals surface area contributed by atoms with Crippen LogP contribution < -0.4 is 0 Å². The maximum absolute atomic E-state index is 10.9. The number of hydrogen-bond acceptors (Lipinski definition) is 3. The number of carbonyl (C=O) groups excluding carboxylic acids is 1. The average molecular weight is 267 g/mol. The SMILES string of the molecule is CC(=O)CSc1ncc(-c2ccc(Cl)cc2)[nH]1. The van der Waals surface area contributed by atoms with Crippen LogP contribution in [0.2, 0.25) is 5.02 Å². The summed E-state index contributed by atoms with van der Waals surface area (Å²) in [6, 6.07) is 7.52. The number of halogens is 1. The number of imidazole rings is 1. The van der Waals surface area contributed by atoms with Gasteiger partial charge in [0.15, 0.2) is 5.16 Å². The first-order valence-corrected chi connectivity index (χ1v) is 6.44. The van der Waals surface area contributed by atoms with Crippen LogP contribution in [0.4, 0.5) is 0 Å². The van der Waals surface area contributed by atoms with Crippen molar-refractivity contribution in [3.8, 4) is 11.3 Å². The molecule has 0 aliphatic rings. The molecule has 0 unspecified atom stereocenters. The average Bonchev–Trinajstić information content (AvgIpc) is 2.76. The van der Waals surface area contributed by atoms with Crippen molar-refractivity contribution < 1.29 is 4.79 Å². The third-order valence-corrected chi connectivity index (χ3v) is 3.40. The topological polar surface area (TPSA) is 45.8 Å². The van der Waals surface area contributed by atoms with E-state index in [9.17, 15) is 4.79 Å². The Hall–Kier alpha value is -1.26. The number of ketones is 1. The number of carbonyl (C=O) groups is 1. The lowest BCUT2D eigenvalue weighted by Gasteiger charge is -1.97. The second kappa shape index (κ2) is 5.38. The van der Waals surface area contributed by atoms with Gasteiger partial charge in [0.2, 0.25) is 0 Å². The number of H-pyrrole nitrogens is 1. The highest BCUT2D eigenvalue weighted by atomic mass is 35.5. The van der Waals surface area contributed by atoms with Crippen LogP contribution >= 0.6 is 23.4 Å². The predicted molar refractivity (Wildman–Crippen MR) is 70.4 cm³/mol. The lowest BCUT2D eigenvalue weighted by molar-refractivity contribution is -0.114. The van der Waals surface area contributed by atoms with Gasteiger partial charge in [0.05, 0.1) is 17.6 Å². The lowest BCUT2D eigenvalue weighted by Crippen LogP contribution is -1.93. The van der Waals surface area contributed by atoms with Crippen molar-refractivity contribution in [2.75, 3.05) is 5.75 Å². The number of Topliss-reactive ketones (excluding diaryl/α,β-unsaturated/α-hetero) is 1. The molecule has 1 heterocycles. The van der Waals surface area contributed by atoms with Crippen LogP contribution in [0, 0.1) is 0 Å². The summed E-state index contributed by atoms with van der Waals surface area (Å²) < 4.78 is 0. The molecule has 88 valence electrons. The number of thioether (sulfide) groups is 1. The molecule has 2 rings (SSSR count). The fourth-order valence-electron chi connectivity index (χ4n) is 1.32. The monoisotopic (exact) mass is 266 g/mol. The predicted octanol–water partition coefficient (Wildman–Crippen LogP) is 3.41.